The maximum absolute atomic E-state index is 3.60. The van der Waals surface area contributed by atoms with E-state index in [1.165, 1.54) is 31.7 Å². The summed E-state index contributed by atoms with van der Waals surface area (Å²) in [4.78, 5) is 5.08. The number of nitrogens with one attached hydrogen (secondary N) is 1. The fourth-order valence-corrected chi connectivity index (χ4v) is 3.98. The van der Waals surface area contributed by atoms with Crippen molar-refractivity contribution in [3.05, 3.63) is 35.9 Å². The van der Waals surface area contributed by atoms with Crippen molar-refractivity contribution in [2.75, 3.05) is 40.3 Å². The Hall–Kier alpha value is -0.900. The molecule has 0 aliphatic carbocycles. The van der Waals surface area contributed by atoms with Gasteiger partial charge in [-0.3, -0.25) is 4.90 Å². The second kappa shape index (κ2) is 5.61. The second-order valence-electron chi connectivity index (χ2n) is 6.31. The van der Waals surface area contributed by atoms with Crippen LogP contribution in [-0.4, -0.2) is 56.1 Å². The topological polar surface area (TPSA) is 18.5 Å². The number of nitrogens with zero attached hydrogens (tertiary/aromatic N) is 2. The van der Waals surface area contributed by atoms with Crippen molar-refractivity contribution in [2.45, 2.75) is 12.6 Å². The number of likely N-dealkylation sites (tertiary alicyclic amines) is 1. The third kappa shape index (κ3) is 2.83. The fraction of sp³-hybridized carbons (Fsp3) is 0.625. The largest absolute Gasteiger partial charge is 0.316 e. The van der Waals surface area contributed by atoms with Gasteiger partial charge in [-0.05, 0) is 31.5 Å². The summed E-state index contributed by atoms with van der Waals surface area (Å²) in [6.07, 6.45) is 0. The molecular formula is C16H25N3. The van der Waals surface area contributed by atoms with Crippen molar-refractivity contribution < 1.29 is 0 Å². The molecule has 3 nitrogen and oxygen atoms in total. The van der Waals surface area contributed by atoms with E-state index in [1.807, 2.05) is 0 Å². The van der Waals surface area contributed by atoms with Crippen LogP contribution < -0.4 is 5.32 Å². The predicted molar refractivity (Wildman–Crippen MR) is 79.0 cm³/mol. The molecule has 3 heteroatoms. The van der Waals surface area contributed by atoms with Crippen LogP contribution in [0.3, 0.4) is 0 Å². The van der Waals surface area contributed by atoms with Crippen LogP contribution in [-0.2, 0) is 6.54 Å². The van der Waals surface area contributed by atoms with Crippen molar-refractivity contribution in [3.63, 3.8) is 0 Å². The van der Waals surface area contributed by atoms with E-state index in [9.17, 15) is 0 Å². The number of rotatable bonds is 3. The van der Waals surface area contributed by atoms with E-state index in [-0.39, 0.29) is 0 Å². The van der Waals surface area contributed by atoms with Gasteiger partial charge in [-0.15, -0.1) is 0 Å². The van der Waals surface area contributed by atoms with Gasteiger partial charge in [-0.1, -0.05) is 30.3 Å². The summed E-state index contributed by atoms with van der Waals surface area (Å²) in [6, 6.07) is 11.6. The molecule has 104 valence electrons. The van der Waals surface area contributed by atoms with Crippen molar-refractivity contribution in [2.24, 2.45) is 11.8 Å². The van der Waals surface area contributed by atoms with E-state index < -0.39 is 0 Å². The van der Waals surface area contributed by atoms with Gasteiger partial charge in [-0.2, -0.15) is 0 Å². The minimum atomic E-state index is 0.758. The molecule has 2 atom stereocenters. The lowest BCUT2D eigenvalue weighted by Crippen LogP contribution is -2.62. The minimum absolute atomic E-state index is 0.758. The number of piperidine rings is 2. The van der Waals surface area contributed by atoms with Crippen LogP contribution >= 0.6 is 0 Å². The number of fused-ring (bicyclic) bond motifs is 2. The molecule has 2 unspecified atom stereocenters. The normalized spacial score (nSPS) is 31.6. The zero-order valence-corrected chi connectivity index (χ0v) is 12.0. The van der Waals surface area contributed by atoms with Gasteiger partial charge in [0.25, 0.3) is 0 Å². The molecule has 2 heterocycles. The molecule has 2 bridgehead atoms. The Morgan fingerprint density at radius 3 is 2.32 bits per heavy atom. The molecule has 0 saturated carbocycles. The molecule has 2 aliphatic heterocycles. The maximum Gasteiger partial charge on any atom is 0.0234 e. The zero-order valence-electron chi connectivity index (χ0n) is 12.0. The lowest BCUT2D eigenvalue weighted by Gasteiger charge is -2.50. The summed E-state index contributed by atoms with van der Waals surface area (Å²) in [5.74, 6) is 1.54. The third-order valence-corrected chi connectivity index (χ3v) is 4.61. The molecule has 2 aliphatic rings. The van der Waals surface area contributed by atoms with Crippen LogP contribution in [0, 0.1) is 11.8 Å². The summed E-state index contributed by atoms with van der Waals surface area (Å²) >= 11 is 0. The summed E-state index contributed by atoms with van der Waals surface area (Å²) in [5, 5.41) is 3.60. The Labute approximate surface area is 116 Å². The molecule has 0 amide bonds. The fourth-order valence-electron chi connectivity index (χ4n) is 3.98. The highest BCUT2D eigenvalue weighted by molar-refractivity contribution is 5.15. The highest BCUT2D eigenvalue weighted by atomic mass is 15.2. The van der Waals surface area contributed by atoms with E-state index in [0.29, 0.717) is 0 Å². The van der Waals surface area contributed by atoms with E-state index in [4.69, 9.17) is 0 Å². The molecule has 1 N–H and O–H groups in total. The third-order valence-electron chi connectivity index (χ3n) is 4.61. The van der Waals surface area contributed by atoms with E-state index in [0.717, 1.165) is 24.4 Å². The van der Waals surface area contributed by atoms with Crippen LogP contribution in [0.1, 0.15) is 5.56 Å². The second-order valence-corrected chi connectivity index (χ2v) is 6.31. The Morgan fingerprint density at radius 2 is 1.74 bits per heavy atom. The van der Waals surface area contributed by atoms with Gasteiger partial charge >= 0.3 is 0 Å². The van der Waals surface area contributed by atoms with Gasteiger partial charge in [0, 0.05) is 38.8 Å². The SMILES string of the molecule is CN(C)C1C2CNCC1CN(Cc1ccccc1)C2. The minimum Gasteiger partial charge on any atom is -0.316 e. The van der Waals surface area contributed by atoms with Crippen LogP contribution in [0.4, 0.5) is 0 Å². The summed E-state index contributed by atoms with van der Waals surface area (Å²) in [5.41, 5.74) is 1.44. The van der Waals surface area contributed by atoms with Crippen LogP contribution in [0.5, 0.6) is 0 Å². The van der Waals surface area contributed by atoms with Crippen molar-refractivity contribution in [3.8, 4) is 0 Å². The molecule has 1 aromatic rings. The van der Waals surface area contributed by atoms with Gasteiger partial charge < -0.3 is 10.2 Å². The molecular weight excluding hydrogens is 234 g/mol. The summed E-state index contributed by atoms with van der Waals surface area (Å²) < 4.78 is 0. The molecule has 2 fully saturated rings. The van der Waals surface area contributed by atoms with Gasteiger partial charge in [0.1, 0.15) is 0 Å². The maximum atomic E-state index is 3.60. The monoisotopic (exact) mass is 259 g/mol. The standard InChI is InChI=1S/C16H25N3/c1-18(2)16-14-8-17-9-15(16)12-19(11-14)10-13-6-4-3-5-7-13/h3-7,14-17H,8-12H2,1-2H3. The molecule has 0 radical (unpaired) electrons. The van der Waals surface area contributed by atoms with E-state index in [1.54, 1.807) is 0 Å². The Bertz CT molecular complexity index is 390. The van der Waals surface area contributed by atoms with Crippen molar-refractivity contribution in [1.82, 2.24) is 15.1 Å². The van der Waals surface area contributed by atoms with Crippen molar-refractivity contribution in [1.29, 1.82) is 0 Å². The first-order valence-corrected chi connectivity index (χ1v) is 7.37. The molecule has 3 rings (SSSR count). The summed E-state index contributed by atoms with van der Waals surface area (Å²) in [6.45, 7) is 5.89. The molecule has 0 spiro atoms. The summed E-state index contributed by atoms with van der Waals surface area (Å²) in [7, 11) is 4.48. The quantitative estimate of drug-likeness (QED) is 0.882. The molecule has 0 aromatic heterocycles. The lowest BCUT2D eigenvalue weighted by molar-refractivity contribution is 0.00801. The van der Waals surface area contributed by atoms with Gasteiger partial charge in [0.15, 0.2) is 0 Å². The van der Waals surface area contributed by atoms with Crippen LogP contribution in [0.2, 0.25) is 0 Å². The van der Waals surface area contributed by atoms with Crippen molar-refractivity contribution >= 4 is 0 Å². The van der Waals surface area contributed by atoms with E-state index in [2.05, 4.69) is 59.5 Å². The van der Waals surface area contributed by atoms with E-state index >= 15 is 0 Å². The van der Waals surface area contributed by atoms with Gasteiger partial charge in [-0.25, -0.2) is 0 Å². The number of benzene rings is 1. The zero-order chi connectivity index (χ0) is 13.2. The van der Waals surface area contributed by atoms with Crippen LogP contribution in [0.25, 0.3) is 0 Å². The first-order chi connectivity index (χ1) is 9.24. The highest BCUT2D eigenvalue weighted by Crippen LogP contribution is 2.29. The van der Waals surface area contributed by atoms with Crippen LogP contribution in [0.15, 0.2) is 30.3 Å². The van der Waals surface area contributed by atoms with Gasteiger partial charge in [0.05, 0.1) is 0 Å². The lowest BCUT2D eigenvalue weighted by atomic mass is 9.79. The predicted octanol–water partition coefficient (Wildman–Crippen LogP) is 1.27. The Balaban J connectivity index is 1.68. The average Bonchev–Trinajstić information content (AvgIpc) is 2.38. The Kier molecular flexibility index (Phi) is 3.87. The Morgan fingerprint density at radius 1 is 1.11 bits per heavy atom. The molecule has 19 heavy (non-hydrogen) atoms. The first-order valence-electron chi connectivity index (χ1n) is 7.37. The smallest absolute Gasteiger partial charge is 0.0234 e. The molecule has 2 saturated heterocycles. The molecule has 1 aromatic carbocycles. The highest BCUT2D eigenvalue weighted by Gasteiger charge is 2.40. The van der Waals surface area contributed by atoms with Gasteiger partial charge in [0.2, 0.25) is 0 Å². The first kappa shape index (κ1) is 13.1. The number of hydrogen-bond donors (Lipinski definition) is 1. The number of hydrogen-bond acceptors (Lipinski definition) is 3. The average molecular weight is 259 g/mol.